The van der Waals surface area contributed by atoms with Crippen LogP contribution >= 0.6 is 0 Å². The topological polar surface area (TPSA) is 63.6 Å². The summed E-state index contributed by atoms with van der Waals surface area (Å²) in [5.41, 5.74) is 0. The molecule has 0 unspecified atom stereocenters. The van der Waals surface area contributed by atoms with Crippen molar-refractivity contribution in [2.24, 2.45) is 0 Å². The van der Waals surface area contributed by atoms with E-state index in [0.29, 0.717) is 19.4 Å². The molecule has 4 heteroatoms. The van der Waals surface area contributed by atoms with E-state index in [2.05, 4.69) is 43.4 Å². The summed E-state index contributed by atoms with van der Waals surface area (Å²) in [4.78, 5) is 22.3. The van der Waals surface area contributed by atoms with Crippen LogP contribution in [0.3, 0.4) is 0 Å². The van der Waals surface area contributed by atoms with E-state index in [-0.39, 0.29) is 5.97 Å². The van der Waals surface area contributed by atoms with E-state index in [1.165, 1.54) is 77.0 Å². The Labute approximate surface area is 229 Å². The Hall–Kier alpha value is -1.84. The van der Waals surface area contributed by atoms with Gasteiger partial charge in [-0.15, -0.1) is 0 Å². The second-order valence-electron chi connectivity index (χ2n) is 10.2. The van der Waals surface area contributed by atoms with Gasteiger partial charge < -0.3 is 9.84 Å². The van der Waals surface area contributed by atoms with Crippen LogP contribution in [0.15, 0.2) is 36.5 Å². The molecular formula is C33H58O4. The molecule has 0 saturated carbocycles. The zero-order valence-corrected chi connectivity index (χ0v) is 24.1. The van der Waals surface area contributed by atoms with E-state index < -0.39 is 5.97 Å². The number of carbonyl (C=O) groups is 2. The number of rotatable bonds is 28. The second-order valence-corrected chi connectivity index (χ2v) is 10.2. The molecule has 37 heavy (non-hydrogen) atoms. The summed E-state index contributed by atoms with van der Waals surface area (Å²) in [6.45, 7) is 2.81. The summed E-state index contributed by atoms with van der Waals surface area (Å²) < 4.78 is 5.37. The van der Waals surface area contributed by atoms with Gasteiger partial charge in [0.2, 0.25) is 0 Å². The Kier molecular flexibility index (Phi) is 28.9. The van der Waals surface area contributed by atoms with Gasteiger partial charge in [-0.1, -0.05) is 120 Å². The molecule has 0 aliphatic carbocycles. The molecule has 4 nitrogen and oxygen atoms in total. The molecule has 0 rings (SSSR count). The highest BCUT2D eigenvalue weighted by molar-refractivity contribution is 5.69. The first-order valence-corrected chi connectivity index (χ1v) is 15.5. The third kappa shape index (κ3) is 32.1. The maximum Gasteiger partial charge on any atom is 0.305 e. The third-order valence-corrected chi connectivity index (χ3v) is 6.57. The molecule has 1 N–H and O–H groups in total. The van der Waals surface area contributed by atoms with Gasteiger partial charge in [0, 0.05) is 12.8 Å². The minimum absolute atomic E-state index is 0.0439. The SMILES string of the molecule is CCCCC/C=C\C/C=C\C/C=C\CCCCC(=O)OCCCCCCCCCCCCCCC(=O)O. The lowest BCUT2D eigenvalue weighted by Gasteiger charge is -2.05. The van der Waals surface area contributed by atoms with Crippen molar-refractivity contribution in [3.63, 3.8) is 0 Å². The molecule has 0 aromatic carbocycles. The monoisotopic (exact) mass is 518 g/mol. The zero-order chi connectivity index (χ0) is 27.1. The third-order valence-electron chi connectivity index (χ3n) is 6.57. The molecule has 0 atom stereocenters. The maximum atomic E-state index is 11.8. The summed E-state index contributed by atoms with van der Waals surface area (Å²) in [5.74, 6) is -0.721. The van der Waals surface area contributed by atoms with Crippen molar-refractivity contribution in [1.82, 2.24) is 0 Å². The van der Waals surface area contributed by atoms with Crippen LogP contribution in [0.4, 0.5) is 0 Å². The van der Waals surface area contributed by atoms with Crippen LogP contribution in [0.2, 0.25) is 0 Å². The van der Waals surface area contributed by atoms with E-state index >= 15 is 0 Å². The number of hydrogen-bond acceptors (Lipinski definition) is 3. The Morgan fingerprint density at radius 3 is 1.49 bits per heavy atom. The Bertz CT molecular complexity index is 591. The van der Waals surface area contributed by atoms with Crippen LogP contribution in [0.1, 0.15) is 155 Å². The van der Waals surface area contributed by atoms with Gasteiger partial charge in [-0.2, -0.15) is 0 Å². The van der Waals surface area contributed by atoms with E-state index in [1.54, 1.807) is 0 Å². The number of allylic oxidation sites excluding steroid dienone is 6. The maximum absolute atomic E-state index is 11.8. The van der Waals surface area contributed by atoms with Crippen molar-refractivity contribution in [3.8, 4) is 0 Å². The van der Waals surface area contributed by atoms with Gasteiger partial charge in [0.1, 0.15) is 0 Å². The molecule has 0 saturated heterocycles. The molecule has 0 aromatic rings. The predicted octanol–water partition coefficient (Wildman–Crippen LogP) is 10.3. The van der Waals surface area contributed by atoms with E-state index in [0.717, 1.165) is 57.8 Å². The molecule has 0 aliphatic heterocycles. The Balaban J connectivity index is 3.30. The van der Waals surface area contributed by atoms with Gasteiger partial charge >= 0.3 is 11.9 Å². The minimum Gasteiger partial charge on any atom is -0.481 e. The van der Waals surface area contributed by atoms with Crippen LogP contribution in [-0.4, -0.2) is 23.7 Å². The predicted molar refractivity (Wildman–Crippen MR) is 158 cm³/mol. The number of carboxylic acid groups (broad SMARTS) is 1. The van der Waals surface area contributed by atoms with Crippen molar-refractivity contribution in [2.75, 3.05) is 6.61 Å². The molecule has 0 spiro atoms. The van der Waals surface area contributed by atoms with Gasteiger partial charge in [0.15, 0.2) is 0 Å². The standard InChI is InChI=1S/C33H58O4/c1-2-3-4-5-6-7-8-9-10-11-15-18-21-24-27-30-33(36)37-31-28-25-22-19-16-13-12-14-17-20-23-26-29-32(34)35/h6-7,9-10,15,18H,2-5,8,11-14,16-17,19-31H2,1H3,(H,34,35)/b7-6-,10-9-,18-15-. The number of hydrogen-bond donors (Lipinski definition) is 1. The van der Waals surface area contributed by atoms with Crippen molar-refractivity contribution in [3.05, 3.63) is 36.5 Å². The summed E-state index contributed by atoms with van der Waals surface area (Å²) in [5, 5.41) is 8.61. The zero-order valence-electron chi connectivity index (χ0n) is 24.1. The van der Waals surface area contributed by atoms with Gasteiger partial charge in [-0.25, -0.2) is 0 Å². The summed E-state index contributed by atoms with van der Waals surface area (Å²) >= 11 is 0. The number of carboxylic acids is 1. The fraction of sp³-hybridized carbons (Fsp3) is 0.758. The van der Waals surface area contributed by atoms with E-state index in [9.17, 15) is 9.59 Å². The molecule has 0 amide bonds. The van der Waals surface area contributed by atoms with Gasteiger partial charge in [0.05, 0.1) is 6.61 Å². The first kappa shape index (κ1) is 35.2. The fourth-order valence-electron chi connectivity index (χ4n) is 4.23. The van der Waals surface area contributed by atoms with E-state index in [4.69, 9.17) is 9.84 Å². The number of ether oxygens (including phenoxy) is 1. The van der Waals surface area contributed by atoms with Crippen LogP contribution in [0.5, 0.6) is 0 Å². The van der Waals surface area contributed by atoms with Crippen LogP contribution < -0.4 is 0 Å². The van der Waals surface area contributed by atoms with Crippen molar-refractivity contribution in [1.29, 1.82) is 0 Å². The molecule has 0 bridgehead atoms. The highest BCUT2D eigenvalue weighted by atomic mass is 16.5. The first-order valence-electron chi connectivity index (χ1n) is 15.5. The average Bonchev–Trinajstić information content (AvgIpc) is 2.88. The van der Waals surface area contributed by atoms with Crippen molar-refractivity contribution in [2.45, 2.75) is 155 Å². The minimum atomic E-state index is -0.677. The highest BCUT2D eigenvalue weighted by Crippen LogP contribution is 2.13. The van der Waals surface area contributed by atoms with Crippen LogP contribution in [-0.2, 0) is 14.3 Å². The molecule has 214 valence electrons. The van der Waals surface area contributed by atoms with Gasteiger partial charge in [-0.05, 0) is 57.8 Å². The highest BCUT2D eigenvalue weighted by Gasteiger charge is 2.02. The first-order chi connectivity index (χ1) is 18.2. The molecule has 0 aliphatic rings. The second kappa shape index (κ2) is 30.4. The molecule has 0 aromatic heterocycles. The van der Waals surface area contributed by atoms with Crippen LogP contribution in [0.25, 0.3) is 0 Å². The molecule has 0 fully saturated rings. The molecular weight excluding hydrogens is 460 g/mol. The van der Waals surface area contributed by atoms with Crippen molar-refractivity contribution >= 4 is 11.9 Å². The van der Waals surface area contributed by atoms with Gasteiger partial charge in [-0.3, -0.25) is 9.59 Å². The lowest BCUT2D eigenvalue weighted by Crippen LogP contribution is -2.05. The number of carbonyl (C=O) groups excluding carboxylic acids is 1. The Morgan fingerprint density at radius 1 is 0.541 bits per heavy atom. The summed E-state index contributed by atoms with van der Waals surface area (Å²) in [6, 6.07) is 0. The largest absolute Gasteiger partial charge is 0.481 e. The molecule has 0 heterocycles. The molecule has 0 radical (unpaired) electrons. The Morgan fingerprint density at radius 2 is 0.973 bits per heavy atom. The number of unbranched alkanes of at least 4 members (excludes halogenated alkanes) is 16. The lowest BCUT2D eigenvalue weighted by molar-refractivity contribution is -0.144. The lowest BCUT2D eigenvalue weighted by atomic mass is 10.0. The van der Waals surface area contributed by atoms with Crippen molar-refractivity contribution < 1.29 is 19.4 Å². The van der Waals surface area contributed by atoms with Gasteiger partial charge in [0.25, 0.3) is 0 Å². The smallest absolute Gasteiger partial charge is 0.305 e. The average molecular weight is 519 g/mol. The summed E-state index contributed by atoms with van der Waals surface area (Å²) in [7, 11) is 0. The quantitative estimate of drug-likeness (QED) is 0.0635. The van der Waals surface area contributed by atoms with E-state index in [1.807, 2.05) is 0 Å². The fourth-order valence-corrected chi connectivity index (χ4v) is 4.23. The van der Waals surface area contributed by atoms with Crippen LogP contribution in [0, 0.1) is 0 Å². The normalized spacial score (nSPS) is 11.8. The summed E-state index contributed by atoms with van der Waals surface area (Å²) in [6.07, 6.45) is 38.5. The number of aliphatic carboxylic acids is 1. The number of esters is 1.